The van der Waals surface area contributed by atoms with Crippen LogP contribution in [0, 0.1) is 0 Å². The molecule has 4 rings (SSSR count). The second kappa shape index (κ2) is 16.2. The highest BCUT2D eigenvalue weighted by Crippen LogP contribution is 2.29. The lowest BCUT2D eigenvalue weighted by Gasteiger charge is -2.13. The zero-order valence-electron chi connectivity index (χ0n) is 25.6. The third-order valence-electron chi connectivity index (χ3n) is 7.34. The Morgan fingerprint density at radius 2 is 1.58 bits per heavy atom. The van der Waals surface area contributed by atoms with E-state index in [2.05, 4.69) is 34.7 Å². The molecule has 0 atom stereocenters. The second-order valence-electron chi connectivity index (χ2n) is 10.4. The zero-order chi connectivity index (χ0) is 30.4. The minimum atomic E-state index is 0.00144. The fourth-order valence-electron chi connectivity index (χ4n) is 5.15. The van der Waals surface area contributed by atoms with E-state index in [0.717, 1.165) is 84.6 Å². The molecule has 3 aromatic carbocycles. The number of methoxy groups -OCH3 is 3. The van der Waals surface area contributed by atoms with Crippen molar-refractivity contribution in [2.24, 2.45) is 0 Å². The number of carbonyl (C=O) groups excluding carboxylic acids is 1. The van der Waals surface area contributed by atoms with E-state index in [-0.39, 0.29) is 5.91 Å². The highest BCUT2D eigenvalue weighted by molar-refractivity contribution is 5.78. The molecule has 0 aliphatic heterocycles. The van der Waals surface area contributed by atoms with Gasteiger partial charge in [0.2, 0.25) is 5.91 Å². The largest absolute Gasteiger partial charge is 0.493 e. The van der Waals surface area contributed by atoms with Gasteiger partial charge < -0.3 is 28.8 Å². The minimum absolute atomic E-state index is 0.00144. The lowest BCUT2D eigenvalue weighted by atomic mass is 10.1. The molecule has 0 radical (unpaired) electrons. The highest BCUT2D eigenvalue weighted by atomic mass is 16.5. The molecule has 228 valence electrons. The Labute approximate surface area is 254 Å². The number of hydrogen-bond donors (Lipinski definition) is 1. The van der Waals surface area contributed by atoms with E-state index in [9.17, 15) is 4.79 Å². The molecule has 8 heteroatoms. The summed E-state index contributed by atoms with van der Waals surface area (Å²) in [5.74, 6) is 3.86. The molecule has 8 nitrogen and oxygen atoms in total. The number of aromatic nitrogens is 2. The standard InChI is InChI=1S/C35H43N3O5/c1-5-12-26-16-19-31(33(23-26)42-4)43-22-11-21-38-29-14-9-8-13-28(29)37-34(38)15-7-6-10-20-36-35(39)25-27-17-18-30(40-2)32(24-27)41-3/h5,8-9,13-14,16-19,23-24H,1,6-7,10-12,15,20-22,25H2,2-4H3,(H,36,39). The Bertz CT molecular complexity index is 1500. The second-order valence-corrected chi connectivity index (χ2v) is 10.4. The smallest absolute Gasteiger partial charge is 0.224 e. The summed E-state index contributed by atoms with van der Waals surface area (Å²) in [5, 5.41) is 3.03. The van der Waals surface area contributed by atoms with E-state index in [1.54, 1.807) is 21.3 Å². The van der Waals surface area contributed by atoms with Crippen LogP contribution in [0.25, 0.3) is 11.0 Å². The van der Waals surface area contributed by atoms with Gasteiger partial charge in [-0.15, -0.1) is 6.58 Å². The molecule has 1 heterocycles. The summed E-state index contributed by atoms with van der Waals surface area (Å²) in [7, 11) is 4.85. The third kappa shape index (κ3) is 8.77. The van der Waals surface area contributed by atoms with Crippen molar-refractivity contribution in [2.45, 2.75) is 51.5 Å². The summed E-state index contributed by atoms with van der Waals surface area (Å²) >= 11 is 0. The van der Waals surface area contributed by atoms with Crippen molar-refractivity contribution >= 4 is 16.9 Å². The average molecular weight is 586 g/mol. The maximum Gasteiger partial charge on any atom is 0.224 e. The summed E-state index contributed by atoms with van der Waals surface area (Å²) in [5.41, 5.74) is 4.19. The van der Waals surface area contributed by atoms with E-state index in [1.165, 1.54) is 0 Å². The number of rotatable bonds is 18. The fraction of sp³-hybridized carbons (Fsp3) is 0.371. The zero-order valence-corrected chi connectivity index (χ0v) is 25.6. The van der Waals surface area contributed by atoms with Crippen molar-refractivity contribution in [3.05, 3.63) is 90.3 Å². The maximum atomic E-state index is 12.4. The van der Waals surface area contributed by atoms with Crippen LogP contribution < -0.4 is 24.3 Å². The molecule has 0 saturated heterocycles. The summed E-state index contributed by atoms with van der Waals surface area (Å²) in [6.45, 7) is 5.85. The Kier molecular flexibility index (Phi) is 11.9. The summed E-state index contributed by atoms with van der Waals surface area (Å²) in [4.78, 5) is 17.4. The van der Waals surface area contributed by atoms with Gasteiger partial charge in [0, 0.05) is 19.5 Å². The van der Waals surface area contributed by atoms with E-state index in [1.807, 2.05) is 48.5 Å². The molecular formula is C35H43N3O5. The van der Waals surface area contributed by atoms with Crippen LogP contribution in [0.5, 0.6) is 23.0 Å². The number of hydrogen-bond acceptors (Lipinski definition) is 6. The number of nitrogens with one attached hydrogen (secondary N) is 1. The molecule has 1 amide bonds. The monoisotopic (exact) mass is 585 g/mol. The SMILES string of the molecule is C=CCc1ccc(OCCCn2c(CCCCCNC(=O)Cc3ccc(OC)c(OC)c3)nc3ccccc32)c(OC)c1. The molecule has 0 aliphatic carbocycles. The fourth-order valence-corrected chi connectivity index (χ4v) is 5.15. The van der Waals surface area contributed by atoms with Crippen molar-refractivity contribution in [1.29, 1.82) is 0 Å². The molecule has 1 N–H and O–H groups in total. The molecule has 1 aromatic heterocycles. The lowest BCUT2D eigenvalue weighted by Crippen LogP contribution is -2.26. The first kappa shape index (κ1) is 31.5. The van der Waals surface area contributed by atoms with Gasteiger partial charge >= 0.3 is 0 Å². The average Bonchev–Trinajstić information content (AvgIpc) is 3.38. The normalized spacial score (nSPS) is 10.9. The first-order valence-electron chi connectivity index (χ1n) is 14.9. The number of fused-ring (bicyclic) bond motifs is 1. The van der Waals surface area contributed by atoms with Crippen LogP contribution in [0.3, 0.4) is 0 Å². The van der Waals surface area contributed by atoms with E-state index < -0.39 is 0 Å². The van der Waals surface area contributed by atoms with Gasteiger partial charge in [-0.1, -0.05) is 36.8 Å². The van der Waals surface area contributed by atoms with E-state index in [4.69, 9.17) is 23.9 Å². The highest BCUT2D eigenvalue weighted by Gasteiger charge is 2.12. The van der Waals surface area contributed by atoms with Crippen LogP contribution in [0.2, 0.25) is 0 Å². The number of ether oxygens (including phenoxy) is 4. The minimum Gasteiger partial charge on any atom is -0.493 e. The molecular weight excluding hydrogens is 542 g/mol. The number of benzene rings is 3. The predicted molar refractivity (Wildman–Crippen MR) is 171 cm³/mol. The number of allylic oxidation sites excluding steroid dienone is 1. The summed E-state index contributed by atoms with van der Waals surface area (Å²) in [6.07, 6.45) is 7.63. The van der Waals surface area contributed by atoms with Gasteiger partial charge in [-0.2, -0.15) is 0 Å². The van der Waals surface area contributed by atoms with Gasteiger partial charge in [0.05, 0.1) is 45.4 Å². The Morgan fingerprint density at radius 3 is 2.37 bits per heavy atom. The van der Waals surface area contributed by atoms with Crippen LogP contribution in [-0.4, -0.2) is 49.9 Å². The molecule has 0 bridgehead atoms. The van der Waals surface area contributed by atoms with Gasteiger partial charge in [0.15, 0.2) is 23.0 Å². The number of imidazole rings is 1. The van der Waals surface area contributed by atoms with Crippen molar-refractivity contribution in [1.82, 2.24) is 14.9 Å². The number of carbonyl (C=O) groups is 1. The molecule has 0 unspecified atom stereocenters. The number of aryl methyl sites for hydroxylation is 2. The molecule has 0 fully saturated rings. The third-order valence-corrected chi connectivity index (χ3v) is 7.34. The summed E-state index contributed by atoms with van der Waals surface area (Å²) < 4.78 is 24.5. The van der Waals surface area contributed by atoms with Crippen LogP contribution >= 0.6 is 0 Å². The van der Waals surface area contributed by atoms with Crippen LogP contribution in [0.15, 0.2) is 73.3 Å². The number of nitrogens with zero attached hydrogens (tertiary/aromatic N) is 2. The Hall–Kier alpha value is -4.46. The topological polar surface area (TPSA) is 83.8 Å². The molecule has 43 heavy (non-hydrogen) atoms. The molecule has 0 saturated carbocycles. The van der Waals surface area contributed by atoms with Crippen molar-refractivity contribution in [3.63, 3.8) is 0 Å². The van der Waals surface area contributed by atoms with Crippen LogP contribution in [0.1, 0.15) is 42.6 Å². The van der Waals surface area contributed by atoms with Gasteiger partial charge in [-0.05, 0) is 73.2 Å². The van der Waals surface area contributed by atoms with Crippen LogP contribution in [0.4, 0.5) is 0 Å². The van der Waals surface area contributed by atoms with Gasteiger partial charge in [0.25, 0.3) is 0 Å². The molecule has 4 aromatic rings. The van der Waals surface area contributed by atoms with Gasteiger partial charge in [0.1, 0.15) is 5.82 Å². The van der Waals surface area contributed by atoms with Crippen molar-refractivity contribution in [3.8, 4) is 23.0 Å². The van der Waals surface area contributed by atoms with E-state index >= 15 is 0 Å². The van der Waals surface area contributed by atoms with Crippen LogP contribution in [-0.2, 0) is 30.6 Å². The Morgan fingerprint density at radius 1 is 0.860 bits per heavy atom. The predicted octanol–water partition coefficient (Wildman–Crippen LogP) is 6.33. The first-order chi connectivity index (χ1) is 21.1. The quantitative estimate of drug-likeness (QED) is 0.109. The van der Waals surface area contributed by atoms with Crippen molar-refractivity contribution in [2.75, 3.05) is 34.5 Å². The first-order valence-corrected chi connectivity index (χ1v) is 14.9. The molecule has 0 aliphatic rings. The maximum absolute atomic E-state index is 12.4. The molecule has 0 spiro atoms. The van der Waals surface area contributed by atoms with Crippen molar-refractivity contribution < 1.29 is 23.7 Å². The number of para-hydroxylation sites is 2. The summed E-state index contributed by atoms with van der Waals surface area (Å²) in [6, 6.07) is 19.8. The number of unbranched alkanes of at least 4 members (excludes halogenated alkanes) is 2. The lowest BCUT2D eigenvalue weighted by molar-refractivity contribution is -0.120. The van der Waals surface area contributed by atoms with E-state index in [0.29, 0.717) is 31.1 Å². The van der Waals surface area contributed by atoms with Gasteiger partial charge in [-0.3, -0.25) is 4.79 Å². The Balaban J connectivity index is 1.23. The number of amides is 1. The van der Waals surface area contributed by atoms with Gasteiger partial charge in [-0.25, -0.2) is 4.98 Å².